The van der Waals surface area contributed by atoms with Crippen molar-refractivity contribution in [1.82, 2.24) is 5.32 Å². The van der Waals surface area contributed by atoms with Crippen LogP contribution in [0.25, 0.3) is 0 Å². The molecule has 1 aromatic rings. The van der Waals surface area contributed by atoms with E-state index in [1.54, 1.807) is 24.3 Å². The summed E-state index contributed by atoms with van der Waals surface area (Å²) in [6, 6.07) is 6.36. The minimum absolute atomic E-state index is 0.270. The lowest BCUT2D eigenvalue weighted by atomic mass is 10.1. The molecular weight excluding hydrogens is 272 g/mol. The lowest BCUT2D eigenvalue weighted by molar-refractivity contribution is -0.139. The molecule has 0 spiro atoms. The number of aliphatic carboxylic acids is 1. The molecule has 0 bridgehead atoms. The van der Waals surface area contributed by atoms with E-state index in [4.69, 9.17) is 9.84 Å². The second-order valence-electron chi connectivity index (χ2n) is 5.93. The molecule has 1 unspecified atom stereocenters. The van der Waals surface area contributed by atoms with Gasteiger partial charge in [0.1, 0.15) is 5.75 Å². The second kappa shape index (κ2) is 6.03. The molecule has 1 aliphatic carbocycles. The summed E-state index contributed by atoms with van der Waals surface area (Å²) in [7, 11) is 0. The van der Waals surface area contributed by atoms with Gasteiger partial charge in [-0.2, -0.15) is 0 Å². The maximum Gasteiger partial charge on any atom is 0.341 e. The summed E-state index contributed by atoms with van der Waals surface area (Å²) in [5.41, 5.74) is 0.892. The molecule has 3 N–H and O–H groups in total. The lowest BCUT2D eigenvalue weighted by Crippen LogP contribution is -2.31. The predicted molar refractivity (Wildman–Crippen MR) is 78.5 cm³/mol. The summed E-state index contributed by atoms with van der Waals surface area (Å²) >= 11 is 0. The van der Waals surface area contributed by atoms with Crippen molar-refractivity contribution in [3.05, 3.63) is 24.3 Å². The number of benzene rings is 1. The maximum atomic E-state index is 11.8. The number of carboxylic acids is 1. The van der Waals surface area contributed by atoms with Crippen LogP contribution in [0, 0.1) is 11.3 Å². The fourth-order valence-electron chi connectivity index (χ4n) is 2.12. The molecular formula is C15H20N2O4. The first-order valence-electron chi connectivity index (χ1n) is 6.86. The average molecular weight is 292 g/mol. The first kappa shape index (κ1) is 15.2. The van der Waals surface area contributed by atoms with E-state index in [9.17, 15) is 9.59 Å². The fourth-order valence-corrected chi connectivity index (χ4v) is 2.12. The van der Waals surface area contributed by atoms with Crippen molar-refractivity contribution in [3.8, 4) is 5.75 Å². The summed E-state index contributed by atoms with van der Waals surface area (Å²) in [5.74, 6) is -0.106. The summed E-state index contributed by atoms with van der Waals surface area (Å²) in [4.78, 5) is 22.2. The van der Waals surface area contributed by atoms with Gasteiger partial charge in [-0.3, -0.25) is 0 Å². The van der Waals surface area contributed by atoms with E-state index >= 15 is 0 Å². The normalized spacial score (nSPS) is 18.7. The molecule has 2 rings (SSSR count). The first-order valence-corrected chi connectivity index (χ1v) is 6.86. The Morgan fingerprint density at radius 3 is 2.76 bits per heavy atom. The van der Waals surface area contributed by atoms with E-state index in [0.29, 0.717) is 29.3 Å². The predicted octanol–water partition coefficient (Wildman–Crippen LogP) is 2.32. The molecule has 1 fully saturated rings. The quantitative estimate of drug-likeness (QED) is 0.751. The number of urea groups is 1. The third-order valence-electron chi connectivity index (χ3n) is 3.68. The van der Waals surface area contributed by atoms with Gasteiger partial charge < -0.3 is 20.5 Å². The molecule has 0 saturated heterocycles. The maximum absolute atomic E-state index is 11.8. The number of carbonyl (C=O) groups excluding carboxylic acids is 1. The van der Waals surface area contributed by atoms with Crippen molar-refractivity contribution in [2.75, 3.05) is 18.5 Å². The highest BCUT2D eigenvalue weighted by Crippen LogP contribution is 2.50. The standard InChI is InChI=1S/C15H20N2O4/c1-15(2)7-10(15)8-16-14(20)17-11-4-3-5-12(6-11)21-9-13(18)19/h3-6,10H,7-9H2,1-2H3,(H,18,19)(H2,16,17,20). The van der Waals surface area contributed by atoms with Crippen molar-refractivity contribution in [3.63, 3.8) is 0 Å². The van der Waals surface area contributed by atoms with Gasteiger partial charge in [-0.15, -0.1) is 0 Å². The summed E-state index contributed by atoms with van der Waals surface area (Å²) in [6.07, 6.45) is 1.13. The Bertz CT molecular complexity index is 542. The van der Waals surface area contributed by atoms with Gasteiger partial charge in [-0.25, -0.2) is 9.59 Å². The number of rotatable bonds is 6. The molecule has 0 heterocycles. The number of nitrogens with one attached hydrogen (secondary N) is 2. The van der Waals surface area contributed by atoms with Crippen LogP contribution in [0.5, 0.6) is 5.75 Å². The zero-order chi connectivity index (χ0) is 15.5. The highest BCUT2D eigenvalue weighted by atomic mass is 16.5. The molecule has 114 valence electrons. The third-order valence-corrected chi connectivity index (χ3v) is 3.68. The number of carbonyl (C=O) groups is 2. The summed E-state index contributed by atoms with van der Waals surface area (Å²) in [5, 5.41) is 14.1. The van der Waals surface area contributed by atoms with Gasteiger partial charge in [-0.05, 0) is 29.9 Å². The van der Waals surface area contributed by atoms with Gasteiger partial charge in [0.25, 0.3) is 0 Å². The Morgan fingerprint density at radius 1 is 1.43 bits per heavy atom. The monoisotopic (exact) mass is 292 g/mol. The highest BCUT2D eigenvalue weighted by Gasteiger charge is 2.45. The minimum Gasteiger partial charge on any atom is -0.482 e. The van der Waals surface area contributed by atoms with Crippen LogP contribution in [-0.4, -0.2) is 30.3 Å². The van der Waals surface area contributed by atoms with Crippen molar-refractivity contribution >= 4 is 17.7 Å². The second-order valence-corrected chi connectivity index (χ2v) is 5.93. The fraction of sp³-hybridized carbons (Fsp3) is 0.467. The molecule has 0 aliphatic heterocycles. The van der Waals surface area contributed by atoms with E-state index in [2.05, 4.69) is 24.5 Å². The van der Waals surface area contributed by atoms with Gasteiger partial charge in [-0.1, -0.05) is 19.9 Å². The van der Waals surface area contributed by atoms with Crippen molar-refractivity contribution < 1.29 is 19.4 Å². The van der Waals surface area contributed by atoms with Crippen LogP contribution < -0.4 is 15.4 Å². The number of anilines is 1. The van der Waals surface area contributed by atoms with Gasteiger partial charge in [0.2, 0.25) is 0 Å². The lowest BCUT2D eigenvalue weighted by Gasteiger charge is -2.10. The van der Waals surface area contributed by atoms with Gasteiger partial charge in [0.05, 0.1) is 0 Å². The number of hydrogen-bond acceptors (Lipinski definition) is 3. The summed E-state index contributed by atoms with van der Waals surface area (Å²) in [6.45, 7) is 4.61. The zero-order valence-electron chi connectivity index (χ0n) is 12.2. The van der Waals surface area contributed by atoms with Gasteiger partial charge in [0, 0.05) is 18.3 Å². The topological polar surface area (TPSA) is 87.7 Å². The van der Waals surface area contributed by atoms with Crippen molar-refractivity contribution in [2.24, 2.45) is 11.3 Å². The molecule has 1 aliphatic rings. The molecule has 2 amide bonds. The number of hydrogen-bond donors (Lipinski definition) is 3. The van der Waals surface area contributed by atoms with Crippen LogP contribution in [0.4, 0.5) is 10.5 Å². The molecule has 0 radical (unpaired) electrons. The minimum atomic E-state index is -1.04. The average Bonchev–Trinajstić information content (AvgIpc) is 3.02. The smallest absolute Gasteiger partial charge is 0.341 e. The molecule has 6 heteroatoms. The Labute approximate surface area is 123 Å². The number of ether oxygens (including phenoxy) is 1. The zero-order valence-corrected chi connectivity index (χ0v) is 12.2. The van der Waals surface area contributed by atoms with Gasteiger partial charge >= 0.3 is 12.0 Å². The van der Waals surface area contributed by atoms with Crippen LogP contribution in [0.15, 0.2) is 24.3 Å². The molecule has 6 nitrogen and oxygen atoms in total. The number of carboxylic acid groups (broad SMARTS) is 1. The van der Waals surface area contributed by atoms with Crippen molar-refractivity contribution in [1.29, 1.82) is 0 Å². The first-order chi connectivity index (χ1) is 9.87. The highest BCUT2D eigenvalue weighted by molar-refractivity contribution is 5.89. The molecule has 1 saturated carbocycles. The van der Waals surface area contributed by atoms with Crippen LogP contribution in [0.3, 0.4) is 0 Å². The van der Waals surface area contributed by atoms with Crippen LogP contribution in [0.1, 0.15) is 20.3 Å². The van der Waals surface area contributed by atoms with E-state index in [-0.39, 0.29) is 6.03 Å². The van der Waals surface area contributed by atoms with E-state index < -0.39 is 12.6 Å². The SMILES string of the molecule is CC1(C)CC1CNC(=O)Nc1cccc(OCC(=O)O)c1. The van der Waals surface area contributed by atoms with E-state index in [1.807, 2.05) is 0 Å². The molecule has 21 heavy (non-hydrogen) atoms. The largest absolute Gasteiger partial charge is 0.482 e. The third kappa shape index (κ3) is 4.66. The Hall–Kier alpha value is -2.24. The Morgan fingerprint density at radius 2 is 2.14 bits per heavy atom. The molecule has 0 aromatic heterocycles. The molecule has 1 atom stereocenters. The van der Waals surface area contributed by atoms with E-state index in [0.717, 1.165) is 6.42 Å². The van der Waals surface area contributed by atoms with Crippen LogP contribution in [0.2, 0.25) is 0 Å². The number of amides is 2. The van der Waals surface area contributed by atoms with Crippen LogP contribution in [-0.2, 0) is 4.79 Å². The van der Waals surface area contributed by atoms with E-state index in [1.165, 1.54) is 0 Å². The van der Waals surface area contributed by atoms with Gasteiger partial charge in [0.15, 0.2) is 6.61 Å². The Kier molecular flexibility index (Phi) is 4.35. The molecule has 1 aromatic carbocycles. The van der Waals surface area contributed by atoms with Crippen LogP contribution >= 0.6 is 0 Å². The summed E-state index contributed by atoms with van der Waals surface area (Å²) < 4.78 is 5.05. The Balaban J connectivity index is 1.80. The van der Waals surface area contributed by atoms with Crippen molar-refractivity contribution in [2.45, 2.75) is 20.3 Å².